The topological polar surface area (TPSA) is 81.4 Å². The molecule has 4 aromatic heterocycles. The van der Waals surface area contributed by atoms with Crippen molar-refractivity contribution in [1.29, 1.82) is 0 Å². The molecule has 0 aromatic carbocycles. The van der Waals surface area contributed by atoms with E-state index < -0.39 is 0 Å². The minimum absolute atomic E-state index is 0.312. The van der Waals surface area contributed by atoms with E-state index in [-0.39, 0.29) is 0 Å². The van der Waals surface area contributed by atoms with E-state index >= 15 is 0 Å². The molecule has 0 spiro atoms. The number of hydrogen-bond acceptors (Lipinski definition) is 7. The SMILES string of the molecule is CC(C)n1cnnc1CNc1nc(-c2cccnc2)nc2sc3c(c12)CCCC3. The number of rotatable bonds is 5. The first-order valence-electron chi connectivity index (χ1n) is 10.1. The van der Waals surface area contributed by atoms with Gasteiger partial charge in [0.1, 0.15) is 17.0 Å². The number of nitrogens with zero attached hydrogens (tertiary/aromatic N) is 6. The van der Waals surface area contributed by atoms with Crippen molar-refractivity contribution in [1.82, 2.24) is 29.7 Å². The Morgan fingerprint density at radius 2 is 2.10 bits per heavy atom. The van der Waals surface area contributed by atoms with Gasteiger partial charge in [0.05, 0.1) is 11.9 Å². The molecule has 0 atom stereocenters. The number of hydrogen-bond donors (Lipinski definition) is 1. The van der Waals surface area contributed by atoms with E-state index in [1.54, 1.807) is 12.5 Å². The summed E-state index contributed by atoms with van der Waals surface area (Å²) in [6.07, 6.45) is 10.1. The third kappa shape index (κ3) is 3.37. The highest BCUT2D eigenvalue weighted by Gasteiger charge is 2.22. The van der Waals surface area contributed by atoms with Gasteiger partial charge in [-0.25, -0.2) is 9.97 Å². The molecular formula is C21H23N7S. The van der Waals surface area contributed by atoms with Crippen LogP contribution < -0.4 is 5.32 Å². The maximum Gasteiger partial charge on any atom is 0.164 e. The summed E-state index contributed by atoms with van der Waals surface area (Å²) in [6, 6.07) is 4.23. The Kier molecular flexibility index (Phi) is 4.71. The van der Waals surface area contributed by atoms with Crippen LogP contribution in [0.3, 0.4) is 0 Å². The van der Waals surface area contributed by atoms with Gasteiger partial charge in [0.15, 0.2) is 11.6 Å². The van der Waals surface area contributed by atoms with Crippen LogP contribution in [0.1, 0.15) is 49.0 Å². The second-order valence-electron chi connectivity index (χ2n) is 7.63. The van der Waals surface area contributed by atoms with Gasteiger partial charge < -0.3 is 9.88 Å². The van der Waals surface area contributed by atoms with Crippen LogP contribution in [0, 0.1) is 0 Å². The van der Waals surface area contributed by atoms with Crippen molar-refractivity contribution >= 4 is 27.4 Å². The smallest absolute Gasteiger partial charge is 0.164 e. The van der Waals surface area contributed by atoms with E-state index in [9.17, 15) is 0 Å². The lowest BCUT2D eigenvalue weighted by molar-refractivity contribution is 0.572. The van der Waals surface area contributed by atoms with Crippen molar-refractivity contribution in [3.05, 3.63) is 47.1 Å². The molecule has 148 valence electrons. The second-order valence-corrected chi connectivity index (χ2v) is 8.71. The summed E-state index contributed by atoms with van der Waals surface area (Å²) in [5.41, 5.74) is 2.34. The Labute approximate surface area is 173 Å². The number of nitrogens with one attached hydrogen (secondary N) is 1. The van der Waals surface area contributed by atoms with Crippen molar-refractivity contribution in [2.75, 3.05) is 5.32 Å². The molecule has 4 aromatic rings. The Balaban J connectivity index is 1.59. The standard InChI is InChI=1S/C21H23N7S/c1-13(2)28-12-24-27-17(28)11-23-20-18-15-7-3-4-8-16(15)29-21(18)26-19(25-20)14-6-5-9-22-10-14/h5-6,9-10,12-13H,3-4,7-8,11H2,1-2H3,(H,23,25,26). The van der Waals surface area contributed by atoms with Crippen LogP contribution in [-0.4, -0.2) is 29.7 Å². The van der Waals surface area contributed by atoms with Crippen molar-refractivity contribution in [3.8, 4) is 11.4 Å². The van der Waals surface area contributed by atoms with Crippen LogP contribution in [-0.2, 0) is 19.4 Å². The predicted molar refractivity (Wildman–Crippen MR) is 115 cm³/mol. The lowest BCUT2D eigenvalue weighted by atomic mass is 9.97. The third-order valence-corrected chi connectivity index (χ3v) is 6.54. The lowest BCUT2D eigenvalue weighted by Crippen LogP contribution is -2.11. The summed E-state index contributed by atoms with van der Waals surface area (Å²) in [5, 5.41) is 13.1. The third-order valence-electron chi connectivity index (χ3n) is 5.35. The Hall–Kier alpha value is -2.87. The van der Waals surface area contributed by atoms with Gasteiger partial charge in [0.25, 0.3) is 0 Å². The van der Waals surface area contributed by atoms with Crippen LogP contribution >= 0.6 is 11.3 Å². The molecule has 1 N–H and O–H groups in total. The highest BCUT2D eigenvalue weighted by molar-refractivity contribution is 7.19. The average molecular weight is 406 g/mol. The minimum Gasteiger partial charge on any atom is -0.362 e. The summed E-state index contributed by atoms with van der Waals surface area (Å²) >= 11 is 1.81. The molecule has 0 saturated carbocycles. The fourth-order valence-corrected chi connectivity index (χ4v) is 5.16. The first-order valence-corrected chi connectivity index (χ1v) is 10.9. The van der Waals surface area contributed by atoms with Crippen molar-refractivity contribution in [2.45, 2.75) is 52.1 Å². The molecule has 0 radical (unpaired) electrons. The summed E-state index contributed by atoms with van der Waals surface area (Å²) < 4.78 is 2.08. The fraction of sp³-hybridized carbons (Fsp3) is 0.381. The number of aryl methyl sites for hydroxylation is 2. The van der Waals surface area contributed by atoms with Crippen molar-refractivity contribution in [2.24, 2.45) is 0 Å². The fourth-order valence-electron chi connectivity index (χ4n) is 3.90. The predicted octanol–water partition coefficient (Wildman–Crippen LogP) is 4.42. The Bertz CT molecular complexity index is 1150. The number of aromatic nitrogens is 6. The molecule has 8 heteroatoms. The number of anilines is 1. The van der Waals surface area contributed by atoms with Crippen LogP contribution in [0.5, 0.6) is 0 Å². The Morgan fingerprint density at radius 1 is 1.21 bits per heavy atom. The van der Waals surface area contributed by atoms with E-state index in [2.05, 4.69) is 38.9 Å². The summed E-state index contributed by atoms with van der Waals surface area (Å²) in [4.78, 5) is 16.6. The maximum atomic E-state index is 4.91. The normalized spacial score (nSPS) is 13.8. The second kappa shape index (κ2) is 7.51. The van der Waals surface area contributed by atoms with E-state index in [1.165, 1.54) is 28.7 Å². The molecule has 7 nitrogen and oxygen atoms in total. The van der Waals surface area contributed by atoms with Gasteiger partial charge in [0, 0.05) is 28.9 Å². The van der Waals surface area contributed by atoms with Crippen molar-refractivity contribution < 1.29 is 0 Å². The highest BCUT2D eigenvalue weighted by atomic mass is 32.1. The first kappa shape index (κ1) is 18.2. The van der Waals surface area contributed by atoms with Gasteiger partial charge in [-0.2, -0.15) is 0 Å². The molecule has 0 amide bonds. The molecule has 1 aliphatic rings. The Morgan fingerprint density at radius 3 is 2.93 bits per heavy atom. The summed E-state index contributed by atoms with van der Waals surface area (Å²) in [7, 11) is 0. The first-order chi connectivity index (χ1) is 14.2. The van der Waals surface area contributed by atoms with Gasteiger partial charge >= 0.3 is 0 Å². The molecular weight excluding hydrogens is 382 g/mol. The van der Waals surface area contributed by atoms with E-state index in [0.717, 1.165) is 34.9 Å². The molecule has 29 heavy (non-hydrogen) atoms. The molecule has 0 aliphatic heterocycles. The molecule has 0 unspecified atom stereocenters. The van der Waals surface area contributed by atoms with Gasteiger partial charge in [-0.3, -0.25) is 4.98 Å². The maximum absolute atomic E-state index is 4.91. The molecule has 0 fully saturated rings. The van der Waals surface area contributed by atoms with Gasteiger partial charge in [-0.1, -0.05) is 0 Å². The monoisotopic (exact) mass is 405 g/mol. The molecule has 4 heterocycles. The molecule has 5 rings (SSSR count). The molecule has 1 aliphatic carbocycles. The van der Waals surface area contributed by atoms with Crippen LogP contribution in [0.4, 0.5) is 5.82 Å². The quantitative estimate of drug-likeness (QED) is 0.529. The van der Waals surface area contributed by atoms with Gasteiger partial charge in [-0.05, 0) is 57.2 Å². The van der Waals surface area contributed by atoms with E-state index in [0.29, 0.717) is 18.4 Å². The number of thiophene rings is 1. The van der Waals surface area contributed by atoms with Crippen LogP contribution in [0.2, 0.25) is 0 Å². The van der Waals surface area contributed by atoms with E-state index in [4.69, 9.17) is 9.97 Å². The highest BCUT2D eigenvalue weighted by Crippen LogP contribution is 2.39. The lowest BCUT2D eigenvalue weighted by Gasteiger charge is -2.14. The summed E-state index contributed by atoms with van der Waals surface area (Å²) in [5.74, 6) is 2.49. The molecule has 0 saturated heterocycles. The van der Waals surface area contributed by atoms with Crippen LogP contribution in [0.25, 0.3) is 21.6 Å². The van der Waals surface area contributed by atoms with Crippen molar-refractivity contribution in [3.63, 3.8) is 0 Å². The zero-order chi connectivity index (χ0) is 19.8. The van der Waals surface area contributed by atoms with Gasteiger partial charge in [0.2, 0.25) is 0 Å². The zero-order valence-electron chi connectivity index (χ0n) is 16.6. The summed E-state index contributed by atoms with van der Waals surface area (Å²) in [6.45, 7) is 4.83. The average Bonchev–Trinajstić information content (AvgIpc) is 3.37. The number of fused-ring (bicyclic) bond motifs is 3. The van der Waals surface area contributed by atoms with Gasteiger partial charge in [-0.15, -0.1) is 21.5 Å². The van der Waals surface area contributed by atoms with Crippen LogP contribution in [0.15, 0.2) is 30.9 Å². The zero-order valence-corrected chi connectivity index (χ0v) is 17.4. The molecule has 0 bridgehead atoms. The largest absolute Gasteiger partial charge is 0.362 e. The van der Waals surface area contributed by atoms with E-state index in [1.807, 2.05) is 29.7 Å². The number of pyridine rings is 1. The minimum atomic E-state index is 0.312.